The average Bonchev–Trinajstić information content (AvgIpc) is 3.02. The SMILES string of the molecule is O=C(NNC(=O)c1nn(-c2ccc(Cl)cc2)cc1O)c1ccccc1. The van der Waals surface area contributed by atoms with E-state index in [1.165, 1.54) is 10.9 Å². The van der Waals surface area contributed by atoms with Crippen LogP contribution >= 0.6 is 11.6 Å². The Bertz CT molecular complexity index is 907. The topological polar surface area (TPSA) is 96.3 Å². The number of hydrogen-bond acceptors (Lipinski definition) is 4. The summed E-state index contributed by atoms with van der Waals surface area (Å²) in [6.45, 7) is 0. The van der Waals surface area contributed by atoms with E-state index in [4.69, 9.17) is 11.6 Å². The van der Waals surface area contributed by atoms with Gasteiger partial charge in [0.15, 0.2) is 11.4 Å². The first kappa shape index (κ1) is 16.5. The quantitative estimate of drug-likeness (QED) is 0.627. The number of halogens is 1. The van der Waals surface area contributed by atoms with Gasteiger partial charge in [-0.1, -0.05) is 29.8 Å². The number of carbonyl (C=O) groups excluding carboxylic acids is 2. The van der Waals surface area contributed by atoms with Crippen molar-refractivity contribution < 1.29 is 14.7 Å². The van der Waals surface area contributed by atoms with Crippen LogP contribution in [0.5, 0.6) is 5.75 Å². The summed E-state index contributed by atoms with van der Waals surface area (Å²) in [7, 11) is 0. The number of amides is 2. The molecule has 0 fully saturated rings. The van der Waals surface area contributed by atoms with Gasteiger partial charge < -0.3 is 5.11 Å². The van der Waals surface area contributed by atoms with Crippen LogP contribution in [0.2, 0.25) is 5.02 Å². The minimum atomic E-state index is -0.741. The van der Waals surface area contributed by atoms with E-state index in [-0.39, 0.29) is 11.4 Å². The van der Waals surface area contributed by atoms with Gasteiger partial charge in [-0.15, -0.1) is 0 Å². The molecule has 126 valence electrons. The molecule has 0 aliphatic heterocycles. The van der Waals surface area contributed by atoms with Crippen molar-refractivity contribution >= 4 is 23.4 Å². The van der Waals surface area contributed by atoms with Crippen molar-refractivity contribution in [3.8, 4) is 11.4 Å². The first-order chi connectivity index (χ1) is 12.0. The second-order valence-electron chi connectivity index (χ2n) is 5.06. The minimum absolute atomic E-state index is 0.219. The van der Waals surface area contributed by atoms with Gasteiger partial charge in [-0.3, -0.25) is 20.4 Å². The molecule has 0 spiro atoms. The van der Waals surface area contributed by atoms with Crippen molar-refractivity contribution in [2.45, 2.75) is 0 Å². The summed E-state index contributed by atoms with van der Waals surface area (Å²) in [5.41, 5.74) is 5.27. The molecule has 25 heavy (non-hydrogen) atoms. The van der Waals surface area contributed by atoms with Crippen LogP contribution in [0.25, 0.3) is 5.69 Å². The average molecular weight is 357 g/mol. The fraction of sp³-hybridized carbons (Fsp3) is 0. The van der Waals surface area contributed by atoms with Crippen molar-refractivity contribution in [3.05, 3.63) is 77.1 Å². The second-order valence-corrected chi connectivity index (χ2v) is 5.49. The number of aromatic hydroxyl groups is 1. The van der Waals surface area contributed by atoms with E-state index >= 15 is 0 Å². The predicted molar refractivity (Wildman–Crippen MR) is 91.6 cm³/mol. The molecular formula is C17H13ClN4O3. The molecule has 3 N–H and O–H groups in total. The molecule has 0 atom stereocenters. The van der Waals surface area contributed by atoms with Crippen LogP contribution in [0.4, 0.5) is 0 Å². The van der Waals surface area contributed by atoms with E-state index in [0.29, 0.717) is 16.3 Å². The molecule has 7 nitrogen and oxygen atoms in total. The molecule has 0 radical (unpaired) electrons. The summed E-state index contributed by atoms with van der Waals surface area (Å²) in [5, 5.41) is 14.5. The molecule has 0 bridgehead atoms. The molecule has 0 unspecified atom stereocenters. The van der Waals surface area contributed by atoms with Gasteiger partial charge in [-0.2, -0.15) is 5.10 Å². The van der Waals surface area contributed by atoms with Gasteiger partial charge in [0.2, 0.25) is 0 Å². The minimum Gasteiger partial charge on any atom is -0.504 e. The van der Waals surface area contributed by atoms with Crippen molar-refractivity contribution in [2.24, 2.45) is 0 Å². The summed E-state index contributed by atoms with van der Waals surface area (Å²) in [6.07, 6.45) is 1.29. The summed E-state index contributed by atoms with van der Waals surface area (Å²) < 4.78 is 1.33. The Kier molecular flexibility index (Phi) is 4.67. The highest BCUT2D eigenvalue weighted by Gasteiger charge is 2.18. The molecule has 1 heterocycles. The Hall–Kier alpha value is -3.32. The molecule has 2 amide bonds. The summed E-state index contributed by atoms with van der Waals surface area (Å²) in [4.78, 5) is 24.0. The zero-order valence-electron chi connectivity index (χ0n) is 12.8. The number of benzene rings is 2. The number of nitrogens with zero attached hydrogens (tertiary/aromatic N) is 2. The van der Waals surface area contributed by atoms with E-state index in [2.05, 4.69) is 16.0 Å². The van der Waals surface area contributed by atoms with Gasteiger partial charge in [0.1, 0.15) is 0 Å². The molecular weight excluding hydrogens is 344 g/mol. The monoisotopic (exact) mass is 356 g/mol. The largest absolute Gasteiger partial charge is 0.504 e. The highest BCUT2D eigenvalue weighted by molar-refractivity contribution is 6.30. The maximum Gasteiger partial charge on any atom is 0.294 e. The van der Waals surface area contributed by atoms with E-state index in [9.17, 15) is 14.7 Å². The van der Waals surface area contributed by atoms with Crippen LogP contribution in [-0.4, -0.2) is 26.7 Å². The summed E-state index contributed by atoms with van der Waals surface area (Å²) in [5.74, 6) is -1.54. The van der Waals surface area contributed by atoms with Crippen molar-refractivity contribution in [1.82, 2.24) is 20.6 Å². The lowest BCUT2D eigenvalue weighted by Crippen LogP contribution is -2.41. The molecule has 1 aromatic heterocycles. The molecule has 3 rings (SSSR count). The highest BCUT2D eigenvalue weighted by atomic mass is 35.5. The first-order valence-corrected chi connectivity index (χ1v) is 7.62. The van der Waals surface area contributed by atoms with E-state index in [1.54, 1.807) is 54.6 Å². The van der Waals surface area contributed by atoms with Crippen LogP contribution in [-0.2, 0) is 0 Å². The molecule has 8 heteroatoms. The third kappa shape index (κ3) is 3.78. The van der Waals surface area contributed by atoms with Crippen LogP contribution in [0, 0.1) is 0 Å². The van der Waals surface area contributed by atoms with Gasteiger partial charge in [0, 0.05) is 10.6 Å². The van der Waals surface area contributed by atoms with E-state index in [0.717, 1.165) is 0 Å². The predicted octanol–water partition coefficient (Wildman–Crippen LogP) is 2.31. The van der Waals surface area contributed by atoms with Gasteiger partial charge in [0.25, 0.3) is 11.8 Å². The summed E-state index contributed by atoms with van der Waals surface area (Å²) in [6, 6.07) is 15.1. The van der Waals surface area contributed by atoms with Crippen LogP contribution in [0.3, 0.4) is 0 Å². The van der Waals surface area contributed by atoms with Gasteiger partial charge in [0.05, 0.1) is 11.9 Å². The number of nitrogens with one attached hydrogen (secondary N) is 2. The Morgan fingerprint density at radius 2 is 1.60 bits per heavy atom. The fourth-order valence-electron chi connectivity index (χ4n) is 2.09. The normalized spacial score (nSPS) is 10.3. The highest BCUT2D eigenvalue weighted by Crippen LogP contribution is 2.19. The van der Waals surface area contributed by atoms with E-state index < -0.39 is 11.8 Å². The molecule has 0 aliphatic carbocycles. The number of aromatic nitrogens is 2. The zero-order valence-corrected chi connectivity index (χ0v) is 13.6. The lowest BCUT2D eigenvalue weighted by Gasteiger charge is -2.06. The van der Waals surface area contributed by atoms with Crippen LogP contribution < -0.4 is 10.9 Å². The molecule has 0 saturated heterocycles. The standard InChI is InChI=1S/C17H13ClN4O3/c18-12-6-8-13(9-7-12)22-10-14(23)15(21-22)17(25)20-19-16(24)11-4-2-1-3-5-11/h1-10,23H,(H,19,24)(H,20,25). The third-order valence-electron chi connectivity index (χ3n) is 3.33. The zero-order chi connectivity index (χ0) is 17.8. The number of hydrazine groups is 1. The lowest BCUT2D eigenvalue weighted by molar-refractivity contribution is 0.0842. The molecule has 3 aromatic rings. The maximum atomic E-state index is 12.1. The Balaban J connectivity index is 1.70. The fourth-order valence-corrected chi connectivity index (χ4v) is 2.21. The number of hydrogen-bond donors (Lipinski definition) is 3. The number of carbonyl (C=O) groups is 2. The van der Waals surface area contributed by atoms with Crippen LogP contribution in [0.1, 0.15) is 20.8 Å². The van der Waals surface area contributed by atoms with Crippen molar-refractivity contribution in [1.29, 1.82) is 0 Å². The smallest absolute Gasteiger partial charge is 0.294 e. The Morgan fingerprint density at radius 3 is 2.28 bits per heavy atom. The Labute approximate surface area is 147 Å². The van der Waals surface area contributed by atoms with Gasteiger partial charge in [-0.25, -0.2) is 4.68 Å². The molecule has 0 aliphatic rings. The lowest BCUT2D eigenvalue weighted by atomic mass is 10.2. The number of rotatable bonds is 3. The maximum absolute atomic E-state index is 12.1. The second kappa shape index (κ2) is 7.06. The van der Waals surface area contributed by atoms with Crippen molar-refractivity contribution in [2.75, 3.05) is 0 Å². The van der Waals surface area contributed by atoms with Gasteiger partial charge >= 0.3 is 0 Å². The molecule has 0 saturated carbocycles. The Morgan fingerprint density at radius 1 is 0.960 bits per heavy atom. The summed E-state index contributed by atoms with van der Waals surface area (Å²) >= 11 is 5.82. The van der Waals surface area contributed by atoms with Gasteiger partial charge in [-0.05, 0) is 36.4 Å². The molecule has 2 aromatic carbocycles. The van der Waals surface area contributed by atoms with Crippen LogP contribution in [0.15, 0.2) is 60.8 Å². The van der Waals surface area contributed by atoms with Crippen molar-refractivity contribution in [3.63, 3.8) is 0 Å². The van der Waals surface area contributed by atoms with E-state index in [1.807, 2.05) is 0 Å². The third-order valence-corrected chi connectivity index (χ3v) is 3.58. The first-order valence-electron chi connectivity index (χ1n) is 7.25.